The number of nitrogens with two attached hydrogens (primary N) is 1. The van der Waals surface area contributed by atoms with Crippen molar-refractivity contribution in [3.05, 3.63) is 22.4 Å². The Bertz CT molecular complexity index is 335. The van der Waals surface area contributed by atoms with E-state index in [1.54, 1.807) is 11.3 Å². The van der Waals surface area contributed by atoms with Gasteiger partial charge in [-0.05, 0) is 42.7 Å². The second-order valence-electron chi connectivity index (χ2n) is 5.08. The fourth-order valence-corrected chi connectivity index (χ4v) is 3.20. The molecule has 0 radical (unpaired) electrons. The molecule has 1 fully saturated rings. The maximum atomic E-state index is 10.0. The molecule has 1 aromatic heterocycles. The van der Waals surface area contributed by atoms with Gasteiger partial charge < -0.3 is 10.8 Å². The predicted molar refractivity (Wildman–Crippen MR) is 67.5 cm³/mol. The molecular formula is C12H20N2OS. The fraction of sp³-hybridized carbons (Fsp3) is 0.667. The van der Waals surface area contributed by atoms with Crippen LogP contribution in [0.5, 0.6) is 0 Å². The third-order valence-corrected chi connectivity index (χ3v) is 3.96. The molecule has 0 spiro atoms. The summed E-state index contributed by atoms with van der Waals surface area (Å²) in [6, 6.07) is 2.45. The zero-order valence-corrected chi connectivity index (χ0v) is 10.7. The highest BCUT2D eigenvalue weighted by Gasteiger charge is 2.36. The van der Waals surface area contributed by atoms with E-state index in [0.717, 1.165) is 19.5 Å². The average molecular weight is 240 g/mol. The molecule has 0 aliphatic carbocycles. The summed E-state index contributed by atoms with van der Waals surface area (Å²) in [5.41, 5.74) is 6.80. The van der Waals surface area contributed by atoms with E-state index in [4.69, 9.17) is 5.73 Å². The summed E-state index contributed by atoms with van der Waals surface area (Å²) in [4.78, 5) is 2.30. The number of hydrogen-bond donors (Lipinski definition) is 2. The van der Waals surface area contributed by atoms with Gasteiger partial charge in [0.1, 0.15) is 0 Å². The second-order valence-corrected chi connectivity index (χ2v) is 5.86. The topological polar surface area (TPSA) is 49.5 Å². The lowest BCUT2D eigenvalue weighted by atomic mass is 10.0. The first-order valence-electron chi connectivity index (χ1n) is 5.74. The maximum absolute atomic E-state index is 10.0. The Labute approximate surface area is 101 Å². The van der Waals surface area contributed by atoms with E-state index >= 15 is 0 Å². The van der Waals surface area contributed by atoms with Gasteiger partial charge >= 0.3 is 0 Å². The van der Waals surface area contributed by atoms with Crippen molar-refractivity contribution in [3.8, 4) is 0 Å². The molecule has 3 N–H and O–H groups in total. The van der Waals surface area contributed by atoms with Gasteiger partial charge in [0.15, 0.2) is 0 Å². The quantitative estimate of drug-likeness (QED) is 0.843. The van der Waals surface area contributed by atoms with Crippen molar-refractivity contribution >= 4 is 11.3 Å². The Balaban J connectivity index is 2.16. The number of hydrogen-bond acceptors (Lipinski definition) is 4. The molecule has 90 valence electrons. The van der Waals surface area contributed by atoms with Gasteiger partial charge in [0.25, 0.3) is 0 Å². The van der Waals surface area contributed by atoms with E-state index in [0.29, 0.717) is 0 Å². The first kappa shape index (κ1) is 12.0. The molecule has 1 aliphatic rings. The summed E-state index contributed by atoms with van der Waals surface area (Å²) in [5.74, 6) is 0. The van der Waals surface area contributed by atoms with Crippen LogP contribution in [0, 0.1) is 0 Å². The minimum Gasteiger partial charge on any atom is -0.389 e. The monoisotopic (exact) mass is 240 g/mol. The van der Waals surface area contributed by atoms with E-state index in [2.05, 4.69) is 21.7 Å². The molecule has 3 atom stereocenters. The molecule has 4 heteroatoms. The maximum Gasteiger partial charge on any atom is 0.0758 e. The van der Waals surface area contributed by atoms with Crippen molar-refractivity contribution in [1.29, 1.82) is 0 Å². The van der Waals surface area contributed by atoms with Crippen molar-refractivity contribution in [2.45, 2.75) is 38.0 Å². The van der Waals surface area contributed by atoms with Gasteiger partial charge in [-0.2, -0.15) is 11.3 Å². The summed E-state index contributed by atoms with van der Waals surface area (Å²) < 4.78 is 0. The minimum atomic E-state index is -0.552. The van der Waals surface area contributed by atoms with Crippen molar-refractivity contribution < 1.29 is 5.11 Å². The standard InChI is InChI=1S/C12H20N2OS/c1-9(13)11(10-3-6-16-7-10)14-5-4-12(2,15)8-14/h3,6-7,9,11,15H,4-5,8,13H2,1-2H3. The number of likely N-dealkylation sites (tertiary alicyclic amines) is 1. The smallest absolute Gasteiger partial charge is 0.0758 e. The van der Waals surface area contributed by atoms with E-state index in [1.807, 2.05) is 13.8 Å². The molecule has 2 rings (SSSR count). The van der Waals surface area contributed by atoms with Gasteiger partial charge in [0.2, 0.25) is 0 Å². The Kier molecular flexibility index (Phi) is 3.35. The Morgan fingerprint density at radius 2 is 2.38 bits per heavy atom. The van der Waals surface area contributed by atoms with Crippen LogP contribution in [0.3, 0.4) is 0 Å². The number of thiophene rings is 1. The Morgan fingerprint density at radius 3 is 2.81 bits per heavy atom. The minimum absolute atomic E-state index is 0.0866. The van der Waals surface area contributed by atoms with Gasteiger partial charge in [-0.3, -0.25) is 4.90 Å². The normalized spacial score (nSPS) is 30.5. The van der Waals surface area contributed by atoms with Crippen LogP contribution in [0.25, 0.3) is 0 Å². The van der Waals surface area contributed by atoms with E-state index in [1.165, 1.54) is 5.56 Å². The van der Waals surface area contributed by atoms with Crippen LogP contribution in [0.1, 0.15) is 31.9 Å². The first-order chi connectivity index (χ1) is 7.49. The van der Waals surface area contributed by atoms with E-state index in [-0.39, 0.29) is 12.1 Å². The van der Waals surface area contributed by atoms with E-state index < -0.39 is 5.60 Å². The third kappa shape index (κ3) is 2.46. The summed E-state index contributed by atoms with van der Waals surface area (Å²) in [7, 11) is 0. The van der Waals surface area contributed by atoms with Crippen LogP contribution in [0.2, 0.25) is 0 Å². The van der Waals surface area contributed by atoms with Crippen LogP contribution >= 0.6 is 11.3 Å². The molecule has 2 heterocycles. The zero-order valence-electron chi connectivity index (χ0n) is 9.89. The summed E-state index contributed by atoms with van der Waals surface area (Å²) >= 11 is 1.70. The Hall–Kier alpha value is -0.420. The predicted octanol–water partition coefficient (Wildman–Crippen LogP) is 1.59. The molecule has 1 saturated heterocycles. The largest absolute Gasteiger partial charge is 0.389 e. The van der Waals surface area contributed by atoms with Gasteiger partial charge in [0, 0.05) is 19.1 Å². The number of nitrogens with zero attached hydrogens (tertiary/aromatic N) is 1. The number of rotatable bonds is 3. The SMILES string of the molecule is CC(N)C(c1ccsc1)N1CCC(C)(O)C1. The van der Waals surface area contributed by atoms with Gasteiger partial charge in [-0.1, -0.05) is 0 Å². The van der Waals surface area contributed by atoms with Gasteiger partial charge in [0.05, 0.1) is 11.6 Å². The second kappa shape index (κ2) is 4.45. The molecule has 16 heavy (non-hydrogen) atoms. The lowest BCUT2D eigenvalue weighted by Crippen LogP contribution is -2.40. The molecule has 3 unspecified atom stereocenters. The summed E-state index contributed by atoms with van der Waals surface area (Å²) in [5, 5.41) is 14.2. The highest BCUT2D eigenvalue weighted by atomic mass is 32.1. The highest BCUT2D eigenvalue weighted by Crippen LogP contribution is 2.32. The van der Waals surface area contributed by atoms with Crippen molar-refractivity contribution in [2.24, 2.45) is 5.73 Å². The van der Waals surface area contributed by atoms with Crippen molar-refractivity contribution in [1.82, 2.24) is 4.90 Å². The molecule has 0 aromatic carbocycles. The molecular weight excluding hydrogens is 220 g/mol. The molecule has 1 aliphatic heterocycles. The lowest BCUT2D eigenvalue weighted by molar-refractivity contribution is 0.0601. The molecule has 1 aromatic rings. The Morgan fingerprint density at radius 1 is 1.62 bits per heavy atom. The summed E-state index contributed by atoms with van der Waals surface area (Å²) in [6.45, 7) is 5.58. The summed E-state index contributed by atoms with van der Waals surface area (Å²) in [6.07, 6.45) is 0.834. The average Bonchev–Trinajstić information content (AvgIpc) is 2.76. The van der Waals surface area contributed by atoms with E-state index in [9.17, 15) is 5.11 Å². The molecule has 0 saturated carbocycles. The van der Waals surface area contributed by atoms with Crippen molar-refractivity contribution in [3.63, 3.8) is 0 Å². The van der Waals surface area contributed by atoms with Crippen LogP contribution in [-0.2, 0) is 0 Å². The van der Waals surface area contributed by atoms with Crippen LogP contribution < -0.4 is 5.73 Å². The van der Waals surface area contributed by atoms with Crippen LogP contribution in [-0.4, -0.2) is 34.7 Å². The zero-order chi connectivity index (χ0) is 11.8. The fourth-order valence-electron chi connectivity index (χ4n) is 2.51. The number of β-amino-alcohol motifs (C(OH)–C–C–N with tert-alkyl or cyclic N) is 1. The van der Waals surface area contributed by atoms with Crippen LogP contribution in [0.4, 0.5) is 0 Å². The van der Waals surface area contributed by atoms with Crippen LogP contribution in [0.15, 0.2) is 16.8 Å². The third-order valence-electron chi connectivity index (χ3n) is 3.26. The van der Waals surface area contributed by atoms with Crippen molar-refractivity contribution in [2.75, 3.05) is 13.1 Å². The lowest BCUT2D eigenvalue weighted by Gasteiger charge is -2.31. The molecule has 0 amide bonds. The molecule has 3 nitrogen and oxygen atoms in total. The molecule has 0 bridgehead atoms. The first-order valence-corrected chi connectivity index (χ1v) is 6.68. The number of aliphatic hydroxyl groups is 1. The highest BCUT2D eigenvalue weighted by molar-refractivity contribution is 7.07. The van der Waals surface area contributed by atoms with Gasteiger partial charge in [-0.15, -0.1) is 0 Å². The van der Waals surface area contributed by atoms with Gasteiger partial charge in [-0.25, -0.2) is 0 Å².